The molecule has 1 aliphatic rings. The summed E-state index contributed by atoms with van der Waals surface area (Å²) in [6.45, 7) is 0.628. The van der Waals surface area contributed by atoms with Gasteiger partial charge in [-0.15, -0.1) is 0 Å². The van der Waals surface area contributed by atoms with E-state index in [1.54, 1.807) is 6.07 Å². The van der Waals surface area contributed by atoms with Gasteiger partial charge in [0.2, 0.25) is 6.54 Å². The molecule has 0 radical (unpaired) electrons. The SMILES string of the molecule is CC(=O)[C@@]1([C@H](C[N+](=O)[O-])c2ccccc2F)CCCC1=O. The average molecular weight is 293 g/mol. The summed E-state index contributed by atoms with van der Waals surface area (Å²) in [7, 11) is 0. The third-order valence-electron chi connectivity index (χ3n) is 4.31. The normalized spacial score (nSPS) is 23.0. The number of Topliss-reactive ketones (excluding diaryl/α,β-unsaturated/α-hetero) is 2. The second-order valence-electron chi connectivity index (χ2n) is 5.39. The van der Waals surface area contributed by atoms with Crippen LogP contribution in [-0.2, 0) is 9.59 Å². The van der Waals surface area contributed by atoms with Crippen molar-refractivity contribution in [1.82, 2.24) is 0 Å². The number of benzene rings is 1. The van der Waals surface area contributed by atoms with Gasteiger partial charge in [0.15, 0.2) is 0 Å². The predicted octanol–water partition coefficient (Wildman–Crippen LogP) is 2.51. The summed E-state index contributed by atoms with van der Waals surface area (Å²) in [5, 5.41) is 11.0. The first-order valence-electron chi connectivity index (χ1n) is 6.80. The molecule has 0 spiro atoms. The number of nitrogens with zero attached hydrogens (tertiary/aromatic N) is 1. The Morgan fingerprint density at radius 2 is 2.14 bits per heavy atom. The van der Waals surface area contributed by atoms with Crippen LogP contribution in [0.4, 0.5) is 4.39 Å². The number of carbonyl (C=O) groups is 2. The minimum atomic E-state index is -1.46. The van der Waals surface area contributed by atoms with Gasteiger partial charge in [-0.1, -0.05) is 18.2 Å². The van der Waals surface area contributed by atoms with E-state index in [0.29, 0.717) is 6.42 Å². The van der Waals surface area contributed by atoms with E-state index in [0.717, 1.165) is 0 Å². The predicted molar refractivity (Wildman–Crippen MR) is 73.0 cm³/mol. The van der Waals surface area contributed by atoms with E-state index in [4.69, 9.17) is 0 Å². The number of nitro groups is 1. The summed E-state index contributed by atoms with van der Waals surface area (Å²) in [4.78, 5) is 34.8. The quantitative estimate of drug-likeness (QED) is 0.475. The van der Waals surface area contributed by atoms with E-state index in [9.17, 15) is 24.1 Å². The molecule has 6 heteroatoms. The summed E-state index contributed by atoms with van der Waals surface area (Å²) in [5.74, 6) is -2.41. The molecule has 0 saturated heterocycles. The van der Waals surface area contributed by atoms with Crippen LogP contribution in [0.25, 0.3) is 0 Å². The van der Waals surface area contributed by atoms with E-state index in [2.05, 4.69) is 0 Å². The van der Waals surface area contributed by atoms with Crippen LogP contribution >= 0.6 is 0 Å². The highest BCUT2D eigenvalue weighted by Gasteiger charge is 2.54. The topological polar surface area (TPSA) is 77.3 Å². The molecule has 2 atom stereocenters. The molecule has 1 saturated carbocycles. The zero-order valence-electron chi connectivity index (χ0n) is 11.7. The molecule has 0 amide bonds. The number of halogens is 1. The first-order valence-corrected chi connectivity index (χ1v) is 6.80. The molecular formula is C15H16FNO4. The lowest BCUT2D eigenvalue weighted by molar-refractivity contribution is -0.485. The molecular weight excluding hydrogens is 277 g/mol. The third-order valence-corrected chi connectivity index (χ3v) is 4.31. The number of carbonyl (C=O) groups excluding carboxylic acids is 2. The zero-order valence-corrected chi connectivity index (χ0v) is 11.7. The summed E-state index contributed by atoms with van der Waals surface area (Å²) in [6.07, 6.45) is 0.956. The van der Waals surface area contributed by atoms with Crippen molar-refractivity contribution in [1.29, 1.82) is 0 Å². The van der Waals surface area contributed by atoms with Crippen molar-refractivity contribution in [3.8, 4) is 0 Å². The minimum absolute atomic E-state index is 0.0691. The lowest BCUT2D eigenvalue weighted by Crippen LogP contribution is -2.43. The number of ketones is 2. The Bertz CT molecular complexity index is 601. The van der Waals surface area contributed by atoms with Gasteiger partial charge in [0, 0.05) is 11.3 Å². The minimum Gasteiger partial charge on any atom is -0.299 e. The fraction of sp³-hybridized carbons (Fsp3) is 0.467. The average Bonchev–Trinajstić information content (AvgIpc) is 2.79. The van der Waals surface area contributed by atoms with Crippen molar-refractivity contribution in [3.05, 3.63) is 45.8 Å². The van der Waals surface area contributed by atoms with Crippen molar-refractivity contribution >= 4 is 11.6 Å². The van der Waals surface area contributed by atoms with Crippen LogP contribution < -0.4 is 0 Å². The maximum absolute atomic E-state index is 14.1. The second kappa shape index (κ2) is 5.71. The Kier molecular flexibility index (Phi) is 4.16. The van der Waals surface area contributed by atoms with Crippen LogP contribution in [0.5, 0.6) is 0 Å². The molecule has 2 rings (SSSR count). The van der Waals surface area contributed by atoms with Crippen LogP contribution in [0, 0.1) is 21.3 Å². The van der Waals surface area contributed by atoms with Gasteiger partial charge in [-0.05, 0) is 31.4 Å². The molecule has 0 unspecified atom stereocenters. The summed E-state index contributed by atoms with van der Waals surface area (Å²) < 4.78 is 14.1. The van der Waals surface area contributed by atoms with Crippen molar-refractivity contribution in [3.63, 3.8) is 0 Å². The van der Waals surface area contributed by atoms with Gasteiger partial charge < -0.3 is 0 Å². The summed E-state index contributed by atoms with van der Waals surface area (Å²) >= 11 is 0. The van der Waals surface area contributed by atoms with Crippen LogP contribution in [0.15, 0.2) is 24.3 Å². The Balaban J connectivity index is 2.59. The van der Waals surface area contributed by atoms with Crippen LogP contribution in [-0.4, -0.2) is 23.0 Å². The van der Waals surface area contributed by atoms with Crippen molar-refractivity contribution < 1.29 is 18.9 Å². The molecule has 0 heterocycles. The van der Waals surface area contributed by atoms with Gasteiger partial charge in [0.1, 0.15) is 22.8 Å². The molecule has 0 N–H and O–H groups in total. The Labute approximate surface area is 121 Å². The van der Waals surface area contributed by atoms with Crippen molar-refractivity contribution in [2.45, 2.75) is 32.1 Å². The molecule has 112 valence electrons. The zero-order chi connectivity index (χ0) is 15.6. The van der Waals surface area contributed by atoms with E-state index in [1.165, 1.54) is 25.1 Å². The smallest absolute Gasteiger partial charge is 0.212 e. The van der Waals surface area contributed by atoms with Gasteiger partial charge in [0.05, 0.1) is 5.92 Å². The van der Waals surface area contributed by atoms with E-state index in [1.807, 2.05) is 0 Å². The number of hydrogen-bond acceptors (Lipinski definition) is 4. The highest BCUT2D eigenvalue weighted by molar-refractivity contribution is 6.08. The van der Waals surface area contributed by atoms with Crippen molar-refractivity contribution in [2.24, 2.45) is 5.41 Å². The molecule has 0 bridgehead atoms. The molecule has 1 aromatic rings. The van der Waals surface area contributed by atoms with Gasteiger partial charge in [-0.3, -0.25) is 19.7 Å². The molecule has 21 heavy (non-hydrogen) atoms. The van der Waals surface area contributed by atoms with E-state index < -0.39 is 34.4 Å². The number of hydrogen-bond donors (Lipinski definition) is 0. The first kappa shape index (κ1) is 15.3. The Morgan fingerprint density at radius 1 is 1.48 bits per heavy atom. The van der Waals surface area contributed by atoms with Crippen LogP contribution in [0.2, 0.25) is 0 Å². The Hall–Kier alpha value is -2.11. The maximum atomic E-state index is 14.1. The lowest BCUT2D eigenvalue weighted by atomic mass is 9.67. The first-order chi connectivity index (χ1) is 9.89. The summed E-state index contributed by atoms with van der Waals surface area (Å²) in [5.41, 5.74) is -1.39. The Morgan fingerprint density at radius 3 is 2.62 bits per heavy atom. The third kappa shape index (κ3) is 2.57. The fourth-order valence-corrected chi connectivity index (χ4v) is 3.30. The van der Waals surface area contributed by atoms with E-state index in [-0.39, 0.29) is 24.2 Å². The standard InChI is InChI=1S/C15H16FNO4/c1-10(18)15(8-4-7-14(15)19)12(9-17(20)21)11-5-2-3-6-13(11)16/h2-3,5-6,12H,4,7-9H2,1H3/t12-,15-/m1/s1. The summed E-state index contributed by atoms with van der Waals surface area (Å²) in [6, 6.07) is 5.63. The molecule has 1 aromatic carbocycles. The fourth-order valence-electron chi connectivity index (χ4n) is 3.30. The van der Waals surface area contributed by atoms with Gasteiger partial charge in [-0.25, -0.2) is 4.39 Å². The molecule has 0 aromatic heterocycles. The van der Waals surface area contributed by atoms with Crippen LogP contribution in [0.1, 0.15) is 37.7 Å². The second-order valence-corrected chi connectivity index (χ2v) is 5.39. The maximum Gasteiger partial charge on any atom is 0.212 e. The largest absolute Gasteiger partial charge is 0.299 e. The molecule has 0 aliphatic heterocycles. The van der Waals surface area contributed by atoms with E-state index >= 15 is 0 Å². The molecule has 1 fully saturated rings. The number of rotatable bonds is 5. The lowest BCUT2D eigenvalue weighted by Gasteiger charge is -2.31. The highest BCUT2D eigenvalue weighted by atomic mass is 19.1. The molecule has 1 aliphatic carbocycles. The van der Waals surface area contributed by atoms with Crippen LogP contribution in [0.3, 0.4) is 0 Å². The van der Waals surface area contributed by atoms with Gasteiger partial charge in [0.25, 0.3) is 0 Å². The van der Waals surface area contributed by atoms with Crippen molar-refractivity contribution in [2.75, 3.05) is 6.54 Å². The monoisotopic (exact) mass is 293 g/mol. The van der Waals surface area contributed by atoms with Gasteiger partial charge in [-0.2, -0.15) is 0 Å². The highest BCUT2D eigenvalue weighted by Crippen LogP contribution is 2.47. The van der Waals surface area contributed by atoms with Gasteiger partial charge >= 0.3 is 0 Å². The molecule has 5 nitrogen and oxygen atoms in total.